The van der Waals surface area contributed by atoms with E-state index < -0.39 is 5.91 Å². The highest BCUT2D eigenvalue weighted by Gasteiger charge is 2.16. The first kappa shape index (κ1) is 29.9. The van der Waals surface area contributed by atoms with E-state index in [1.807, 2.05) is 58.3 Å². The first-order valence-electron chi connectivity index (χ1n) is 12.8. The van der Waals surface area contributed by atoms with Gasteiger partial charge >= 0.3 is 0 Å². The summed E-state index contributed by atoms with van der Waals surface area (Å²) < 4.78 is 1.76. The number of rotatable bonds is 11. The molecule has 212 valence electrons. The zero-order valence-electron chi connectivity index (χ0n) is 23.3. The highest BCUT2D eigenvalue weighted by atomic mass is 35.5. The second kappa shape index (κ2) is 14.0. The summed E-state index contributed by atoms with van der Waals surface area (Å²) in [7, 11) is 3.99. The van der Waals surface area contributed by atoms with Crippen LogP contribution in [0.25, 0.3) is 0 Å². The van der Waals surface area contributed by atoms with Crippen LogP contribution >= 0.6 is 23.4 Å². The Bertz CT molecular complexity index is 1570. The van der Waals surface area contributed by atoms with Crippen molar-refractivity contribution < 1.29 is 9.59 Å². The number of amides is 2. The molecule has 3 aromatic carbocycles. The van der Waals surface area contributed by atoms with E-state index >= 15 is 0 Å². The van der Waals surface area contributed by atoms with E-state index in [1.54, 1.807) is 35.2 Å². The zero-order chi connectivity index (χ0) is 29.4. The van der Waals surface area contributed by atoms with Crippen molar-refractivity contribution in [3.63, 3.8) is 0 Å². The molecule has 0 saturated heterocycles. The van der Waals surface area contributed by atoms with Gasteiger partial charge in [0.15, 0.2) is 0 Å². The first-order valence-corrected chi connectivity index (χ1v) is 14.2. The van der Waals surface area contributed by atoms with Gasteiger partial charge in [0.25, 0.3) is 11.8 Å². The van der Waals surface area contributed by atoms with Crippen LogP contribution in [0.2, 0.25) is 5.02 Å². The maximum atomic E-state index is 13.2. The third-order valence-corrected chi connectivity index (χ3v) is 7.46. The Morgan fingerprint density at radius 2 is 1.88 bits per heavy atom. The van der Waals surface area contributed by atoms with E-state index in [9.17, 15) is 9.59 Å². The summed E-state index contributed by atoms with van der Waals surface area (Å²) in [6.07, 6.45) is 1.57. The summed E-state index contributed by atoms with van der Waals surface area (Å²) >= 11 is 7.66. The number of nitrogens with one attached hydrogen (secondary N) is 2. The van der Waals surface area contributed by atoms with Crippen LogP contribution in [-0.4, -0.2) is 63.8 Å². The molecular formula is C29H31ClN8O2S. The van der Waals surface area contributed by atoms with Gasteiger partial charge in [-0.2, -0.15) is 5.10 Å². The van der Waals surface area contributed by atoms with Crippen molar-refractivity contribution >= 4 is 47.1 Å². The van der Waals surface area contributed by atoms with Gasteiger partial charge in [0.05, 0.1) is 24.0 Å². The topological polar surface area (TPSA) is 117 Å². The van der Waals surface area contributed by atoms with Gasteiger partial charge in [-0.05, 0) is 91.0 Å². The standard InChI is InChI=1S/C29H31ClN8O2S/c1-19-8-9-21(14-20(19)2)17-31-33-28(40)25-16-24(30)10-11-26(25)32-27(39)23-7-5-6-22(15-23)18-41-29-34-35-36-38(29)13-12-37(3)4/h5-11,14-17H,12-13,18H2,1-4H3,(H,32,39)(H,33,40). The zero-order valence-corrected chi connectivity index (χ0v) is 24.8. The Hall–Kier alpha value is -4.06. The van der Waals surface area contributed by atoms with Gasteiger partial charge in [0, 0.05) is 22.9 Å². The molecule has 41 heavy (non-hydrogen) atoms. The number of likely N-dealkylation sites (N-methyl/N-ethyl adjacent to an activating group) is 1. The molecule has 1 heterocycles. The number of hydrazone groups is 1. The number of halogens is 1. The van der Waals surface area contributed by atoms with Gasteiger partial charge in [0.2, 0.25) is 5.16 Å². The van der Waals surface area contributed by atoms with Gasteiger partial charge in [0.1, 0.15) is 0 Å². The number of hydrogen-bond donors (Lipinski definition) is 2. The third kappa shape index (κ3) is 8.46. The van der Waals surface area contributed by atoms with Crippen LogP contribution in [0.15, 0.2) is 70.9 Å². The first-order chi connectivity index (χ1) is 19.7. The molecule has 0 fully saturated rings. The molecule has 2 N–H and O–H groups in total. The molecule has 0 atom stereocenters. The van der Waals surface area contributed by atoms with Crippen LogP contribution in [0.5, 0.6) is 0 Å². The van der Waals surface area contributed by atoms with Gasteiger partial charge in [-0.1, -0.05) is 53.7 Å². The van der Waals surface area contributed by atoms with E-state index in [0.29, 0.717) is 33.7 Å². The lowest BCUT2D eigenvalue weighted by Gasteiger charge is -2.12. The maximum Gasteiger partial charge on any atom is 0.273 e. The Morgan fingerprint density at radius 3 is 2.66 bits per heavy atom. The molecule has 0 bridgehead atoms. The lowest BCUT2D eigenvalue weighted by Crippen LogP contribution is -2.21. The molecular weight excluding hydrogens is 560 g/mol. The molecule has 4 aromatic rings. The van der Waals surface area contributed by atoms with Crippen molar-refractivity contribution in [1.82, 2.24) is 30.5 Å². The third-order valence-electron chi connectivity index (χ3n) is 6.20. The fourth-order valence-corrected chi connectivity index (χ4v) is 4.78. The Balaban J connectivity index is 1.41. The summed E-state index contributed by atoms with van der Waals surface area (Å²) in [5, 5.41) is 19.9. The van der Waals surface area contributed by atoms with Gasteiger partial charge < -0.3 is 10.2 Å². The average Bonchev–Trinajstić information content (AvgIpc) is 3.41. The summed E-state index contributed by atoms with van der Waals surface area (Å²) in [6.45, 7) is 5.54. The van der Waals surface area contributed by atoms with Gasteiger partial charge in [-0.25, -0.2) is 10.1 Å². The molecule has 12 heteroatoms. The molecule has 10 nitrogen and oxygen atoms in total. The number of tetrazole rings is 1. The van der Waals surface area contributed by atoms with E-state index in [0.717, 1.165) is 23.2 Å². The Morgan fingerprint density at radius 1 is 1.05 bits per heavy atom. The number of anilines is 1. The van der Waals surface area contributed by atoms with Gasteiger partial charge in [-0.3, -0.25) is 9.59 Å². The summed E-state index contributed by atoms with van der Waals surface area (Å²) in [5.41, 5.74) is 7.57. The molecule has 0 aliphatic carbocycles. The second-order valence-electron chi connectivity index (χ2n) is 9.66. The minimum absolute atomic E-state index is 0.194. The number of nitrogens with zero attached hydrogens (tertiary/aromatic N) is 6. The largest absolute Gasteiger partial charge is 0.321 e. The quantitative estimate of drug-likeness (QED) is 0.146. The van der Waals surface area contributed by atoms with Crippen molar-refractivity contribution in [2.24, 2.45) is 5.10 Å². The maximum absolute atomic E-state index is 13.2. The predicted molar refractivity (Wildman–Crippen MR) is 163 cm³/mol. The number of carbonyl (C=O) groups is 2. The highest BCUT2D eigenvalue weighted by Crippen LogP contribution is 2.23. The average molecular weight is 591 g/mol. The van der Waals surface area contributed by atoms with E-state index in [1.165, 1.54) is 23.4 Å². The number of hydrogen-bond acceptors (Lipinski definition) is 8. The molecule has 0 radical (unpaired) electrons. The Kier molecular flexibility index (Phi) is 10.2. The fourth-order valence-electron chi connectivity index (χ4n) is 3.76. The molecule has 0 spiro atoms. The second-order valence-corrected chi connectivity index (χ2v) is 11.0. The molecule has 0 aliphatic heterocycles. The smallest absolute Gasteiger partial charge is 0.273 e. The molecule has 0 unspecified atom stereocenters. The van der Waals surface area contributed by atoms with Crippen LogP contribution in [0.1, 0.15) is 43.0 Å². The van der Waals surface area contributed by atoms with E-state index in [-0.39, 0.29) is 11.5 Å². The van der Waals surface area contributed by atoms with Crippen molar-refractivity contribution in [1.29, 1.82) is 0 Å². The summed E-state index contributed by atoms with van der Waals surface area (Å²) in [6, 6.07) is 17.9. The fraction of sp³-hybridized carbons (Fsp3) is 0.241. The number of aryl methyl sites for hydroxylation is 2. The number of thioether (sulfide) groups is 1. The highest BCUT2D eigenvalue weighted by molar-refractivity contribution is 7.98. The lowest BCUT2D eigenvalue weighted by molar-refractivity contribution is 0.0956. The number of benzene rings is 3. The Labute approximate surface area is 248 Å². The number of carbonyl (C=O) groups excluding carboxylic acids is 2. The van der Waals surface area contributed by atoms with E-state index in [4.69, 9.17) is 11.6 Å². The van der Waals surface area contributed by atoms with Crippen LogP contribution < -0.4 is 10.7 Å². The van der Waals surface area contributed by atoms with Crippen molar-refractivity contribution in [2.45, 2.75) is 31.3 Å². The SMILES string of the molecule is Cc1ccc(C=NNC(=O)c2cc(Cl)ccc2NC(=O)c2cccc(CSc3nnnn3CCN(C)C)c2)cc1C. The minimum atomic E-state index is -0.500. The molecule has 0 saturated carbocycles. The summed E-state index contributed by atoms with van der Waals surface area (Å²) in [4.78, 5) is 28.2. The lowest BCUT2D eigenvalue weighted by atomic mass is 10.1. The molecule has 4 rings (SSSR count). The number of aromatic nitrogens is 4. The molecule has 0 aliphatic rings. The molecule has 1 aromatic heterocycles. The normalized spacial score (nSPS) is 11.3. The monoisotopic (exact) mass is 590 g/mol. The van der Waals surface area contributed by atoms with Gasteiger partial charge in [-0.15, -0.1) is 5.10 Å². The molecule has 2 amide bonds. The van der Waals surface area contributed by atoms with Crippen molar-refractivity contribution in [3.8, 4) is 0 Å². The minimum Gasteiger partial charge on any atom is -0.321 e. The van der Waals surface area contributed by atoms with Crippen LogP contribution in [0.4, 0.5) is 5.69 Å². The van der Waals surface area contributed by atoms with Crippen molar-refractivity contribution in [2.75, 3.05) is 26.0 Å². The summed E-state index contributed by atoms with van der Waals surface area (Å²) in [5.74, 6) is -0.279. The van der Waals surface area contributed by atoms with E-state index in [2.05, 4.69) is 36.3 Å². The van der Waals surface area contributed by atoms with Crippen LogP contribution in [0, 0.1) is 13.8 Å². The van der Waals surface area contributed by atoms with Crippen molar-refractivity contribution in [3.05, 3.63) is 99.1 Å². The van der Waals surface area contributed by atoms with Crippen LogP contribution in [0.3, 0.4) is 0 Å². The van der Waals surface area contributed by atoms with Crippen LogP contribution in [-0.2, 0) is 12.3 Å². The predicted octanol–water partition coefficient (Wildman–Crippen LogP) is 4.81.